The lowest BCUT2D eigenvalue weighted by Gasteiger charge is -2.38. The minimum Gasteiger partial charge on any atom is -0.497 e. The summed E-state index contributed by atoms with van der Waals surface area (Å²) >= 11 is 0. The summed E-state index contributed by atoms with van der Waals surface area (Å²) in [5, 5.41) is 19.2. The van der Waals surface area contributed by atoms with Crippen molar-refractivity contribution in [1.29, 1.82) is 0 Å². The standard InChI is InChI=1S/C39H64N6O5/c1-10-49-37-28(12-11-13-32(37)29-18-30(20-31(19-29)44(8)9)38(47)41-16-17-43(6)7)23-45-36(35(26(5)46)34(22-40)50-45)39(48)42-33-21-27(24(2)3)15-14-25(33)4/h11-12,18-20,24-27,32-36,46H,10,13-17,21-23,40H2,1-9H3,(H,41,47)(H,42,48)/t25-,26-,27-,32?,33-,34-,35+,36-/m0/s1. The van der Waals surface area contributed by atoms with E-state index in [0.717, 1.165) is 42.0 Å². The molecule has 0 aromatic heterocycles. The van der Waals surface area contributed by atoms with Crippen LogP contribution in [-0.2, 0) is 14.4 Å². The molecule has 8 atom stereocenters. The van der Waals surface area contributed by atoms with Crippen LogP contribution in [0.4, 0.5) is 5.69 Å². The number of nitrogens with one attached hydrogen (secondary N) is 2. The van der Waals surface area contributed by atoms with E-state index in [1.54, 1.807) is 12.0 Å². The Hall–Kier alpha value is -2.96. The third-order valence-corrected chi connectivity index (χ3v) is 10.9. The maximum Gasteiger partial charge on any atom is 0.251 e. The number of allylic oxidation sites excluding steroid dienone is 2. The molecule has 0 bridgehead atoms. The van der Waals surface area contributed by atoms with Gasteiger partial charge in [-0.3, -0.25) is 14.4 Å². The fourth-order valence-electron chi connectivity index (χ4n) is 7.76. The summed E-state index contributed by atoms with van der Waals surface area (Å²) in [6.45, 7) is 12.6. The normalized spacial score (nSPS) is 27.9. The molecule has 1 saturated heterocycles. The highest BCUT2D eigenvalue weighted by molar-refractivity contribution is 5.95. The first kappa shape index (κ1) is 39.8. The number of hydroxylamine groups is 2. The van der Waals surface area contributed by atoms with E-state index >= 15 is 0 Å². The molecule has 3 aliphatic rings. The van der Waals surface area contributed by atoms with Crippen LogP contribution in [0.2, 0.25) is 0 Å². The van der Waals surface area contributed by atoms with Crippen LogP contribution in [0.1, 0.15) is 82.1 Å². The third-order valence-electron chi connectivity index (χ3n) is 10.9. The fourth-order valence-corrected chi connectivity index (χ4v) is 7.76. The van der Waals surface area contributed by atoms with Crippen molar-refractivity contribution in [1.82, 2.24) is 20.6 Å². The lowest BCUT2D eigenvalue weighted by molar-refractivity contribution is -0.164. The van der Waals surface area contributed by atoms with Gasteiger partial charge in [-0.2, -0.15) is 5.06 Å². The molecular weight excluding hydrogens is 632 g/mol. The van der Waals surface area contributed by atoms with E-state index in [0.29, 0.717) is 42.9 Å². The summed E-state index contributed by atoms with van der Waals surface area (Å²) in [5.41, 5.74) is 9.58. The lowest BCUT2D eigenvalue weighted by atomic mass is 9.74. The van der Waals surface area contributed by atoms with Gasteiger partial charge in [0.05, 0.1) is 25.4 Å². The zero-order valence-corrected chi connectivity index (χ0v) is 31.9. The number of rotatable bonds is 15. The summed E-state index contributed by atoms with van der Waals surface area (Å²) in [5.74, 6) is 1.39. The van der Waals surface area contributed by atoms with Gasteiger partial charge >= 0.3 is 0 Å². The van der Waals surface area contributed by atoms with E-state index in [9.17, 15) is 14.7 Å². The highest BCUT2D eigenvalue weighted by Crippen LogP contribution is 2.40. The molecule has 1 unspecified atom stereocenters. The van der Waals surface area contributed by atoms with Crippen molar-refractivity contribution < 1.29 is 24.3 Å². The molecule has 50 heavy (non-hydrogen) atoms. The highest BCUT2D eigenvalue weighted by Gasteiger charge is 2.50. The summed E-state index contributed by atoms with van der Waals surface area (Å²) < 4.78 is 6.41. The van der Waals surface area contributed by atoms with Gasteiger partial charge in [0.15, 0.2) is 0 Å². The summed E-state index contributed by atoms with van der Waals surface area (Å²) in [4.78, 5) is 38.0. The maximum atomic E-state index is 14.3. The van der Waals surface area contributed by atoms with Crippen molar-refractivity contribution in [3.63, 3.8) is 0 Å². The van der Waals surface area contributed by atoms with Crippen LogP contribution in [0.5, 0.6) is 0 Å². The van der Waals surface area contributed by atoms with Gasteiger partial charge in [0.1, 0.15) is 11.8 Å². The Morgan fingerprint density at radius 3 is 2.50 bits per heavy atom. The molecule has 1 aromatic rings. The van der Waals surface area contributed by atoms with Crippen molar-refractivity contribution in [2.75, 3.05) is 65.9 Å². The molecule has 4 rings (SSSR count). The summed E-state index contributed by atoms with van der Waals surface area (Å²) in [6.07, 6.45) is 6.75. The molecule has 1 heterocycles. The zero-order valence-electron chi connectivity index (χ0n) is 31.9. The number of amides is 2. The molecule has 1 saturated carbocycles. The Morgan fingerprint density at radius 1 is 1.14 bits per heavy atom. The number of aliphatic hydroxyl groups excluding tert-OH is 1. The average Bonchev–Trinajstić information content (AvgIpc) is 3.44. The molecule has 0 spiro atoms. The van der Waals surface area contributed by atoms with Crippen LogP contribution in [-0.4, -0.2) is 112 Å². The van der Waals surface area contributed by atoms with Gasteiger partial charge in [0, 0.05) is 68.4 Å². The number of carbonyl (C=O) groups is 2. The molecule has 280 valence electrons. The van der Waals surface area contributed by atoms with E-state index < -0.39 is 24.2 Å². The molecule has 2 aliphatic carbocycles. The zero-order chi connectivity index (χ0) is 36.7. The van der Waals surface area contributed by atoms with Crippen molar-refractivity contribution in [3.8, 4) is 0 Å². The molecule has 2 fully saturated rings. The number of hydrogen-bond donors (Lipinski definition) is 4. The van der Waals surface area contributed by atoms with Gasteiger partial charge in [-0.15, -0.1) is 0 Å². The third kappa shape index (κ3) is 9.67. The van der Waals surface area contributed by atoms with Crippen LogP contribution in [0.25, 0.3) is 0 Å². The van der Waals surface area contributed by atoms with Gasteiger partial charge in [0.25, 0.3) is 5.91 Å². The highest BCUT2D eigenvalue weighted by atomic mass is 16.7. The predicted octanol–water partition coefficient (Wildman–Crippen LogP) is 3.90. The fraction of sp³-hybridized carbons (Fsp3) is 0.692. The summed E-state index contributed by atoms with van der Waals surface area (Å²) in [6, 6.07) is 5.33. The number of nitrogens with zero attached hydrogens (tertiary/aromatic N) is 3. The molecule has 1 aromatic carbocycles. The second kappa shape index (κ2) is 18.0. The Kier molecular flexibility index (Phi) is 14.3. The van der Waals surface area contributed by atoms with Crippen LogP contribution < -0.4 is 21.3 Å². The van der Waals surface area contributed by atoms with Gasteiger partial charge < -0.3 is 36.0 Å². The monoisotopic (exact) mass is 696 g/mol. The van der Waals surface area contributed by atoms with E-state index in [1.165, 1.54) is 6.42 Å². The van der Waals surface area contributed by atoms with Gasteiger partial charge in [-0.1, -0.05) is 32.9 Å². The van der Waals surface area contributed by atoms with Crippen molar-refractivity contribution in [3.05, 3.63) is 52.8 Å². The van der Waals surface area contributed by atoms with E-state index in [2.05, 4.69) is 43.5 Å². The molecule has 11 nitrogen and oxygen atoms in total. The lowest BCUT2D eigenvalue weighted by Crippen LogP contribution is -2.54. The molecule has 2 amide bonds. The summed E-state index contributed by atoms with van der Waals surface area (Å²) in [7, 11) is 7.90. The van der Waals surface area contributed by atoms with E-state index in [4.69, 9.17) is 15.3 Å². The maximum absolute atomic E-state index is 14.3. The first-order valence-electron chi connectivity index (χ1n) is 18.6. The number of ether oxygens (including phenoxy) is 1. The number of aliphatic hydroxyl groups is 1. The topological polar surface area (TPSA) is 133 Å². The van der Waals surface area contributed by atoms with E-state index in [-0.39, 0.29) is 36.9 Å². The number of anilines is 1. The first-order valence-corrected chi connectivity index (χ1v) is 18.6. The van der Waals surface area contributed by atoms with Crippen molar-refractivity contribution >= 4 is 17.5 Å². The van der Waals surface area contributed by atoms with Gasteiger partial charge in [-0.25, -0.2) is 0 Å². The van der Waals surface area contributed by atoms with Crippen molar-refractivity contribution in [2.45, 2.75) is 90.5 Å². The predicted molar refractivity (Wildman–Crippen MR) is 200 cm³/mol. The second-order valence-corrected chi connectivity index (χ2v) is 15.4. The minimum absolute atomic E-state index is 0.0625. The van der Waals surface area contributed by atoms with E-state index in [1.807, 2.05) is 63.1 Å². The van der Waals surface area contributed by atoms with Crippen LogP contribution >= 0.6 is 0 Å². The average molecular weight is 697 g/mol. The van der Waals surface area contributed by atoms with Crippen LogP contribution in [0.15, 0.2) is 41.7 Å². The Morgan fingerprint density at radius 2 is 1.88 bits per heavy atom. The van der Waals surface area contributed by atoms with Crippen LogP contribution in [0, 0.1) is 23.7 Å². The Balaban J connectivity index is 1.67. The number of benzene rings is 1. The molecular formula is C39H64N6O5. The Labute approximate surface area is 300 Å². The number of nitrogens with two attached hydrogens (primary N) is 1. The largest absolute Gasteiger partial charge is 0.497 e. The number of carbonyl (C=O) groups excluding carboxylic acids is 2. The smallest absolute Gasteiger partial charge is 0.251 e. The molecule has 5 N–H and O–H groups in total. The van der Waals surface area contributed by atoms with Gasteiger partial charge in [0.2, 0.25) is 5.91 Å². The molecule has 1 aliphatic heterocycles. The van der Waals surface area contributed by atoms with Crippen molar-refractivity contribution in [2.24, 2.45) is 29.4 Å². The number of hydrogen-bond acceptors (Lipinski definition) is 9. The minimum atomic E-state index is -0.803. The number of likely N-dealkylation sites (N-methyl/N-ethyl adjacent to an activating group) is 1. The SMILES string of the molecule is CCOC1=C(CN2O[C@@H](CN)[C@@H]([C@H](C)O)[C@H]2C(=O)N[C@H]2C[C@@H](C(C)C)CC[C@@H]2C)C=CCC1c1cc(C(=O)NCCN(C)C)cc(N(C)C)c1. The molecule has 0 radical (unpaired) electrons. The molecule has 11 heteroatoms. The second-order valence-electron chi connectivity index (χ2n) is 15.4. The quantitative estimate of drug-likeness (QED) is 0.216. The Bertz CT molecular complexity index is 1360. The van der Waals surface area contributed by atoms with Crippen LogP contribution in [0.3, 0.4) is 0 Å². The first-order chi connectivity index (χ1) is 23.7. The van der Waals surface area contributed by atoms with Gasteiger partial charge in [-0.05, 0) is 95.1 Å².